The Morgan fingerprint density at radius 2 is 1.41 bits per heavy atom. The molecule has 5 nitrogen and oxygen atoms in total. The first-order chi connectivity index (χ1) is 14.2. The Morgan fingerprint density at radius 1 is 0.759 bits per heavy atom. The fourth-order valence-electron chi connectivity index (χ4n) is 2.89. The summed E-state index contributed by atoms with van der Waals surface area (Å²) >= 11 is 0. The summed E-state index contributed by atoms with van der Waals surface area (Å²) in [7, 11) is 0. The predicted octanol–water partition coefficient (Wildman–Crippen LogP) is 5.09. The first kappa shape index (κ1) is 18.5. The Labute approximate surface area is 168 Å². The second-order valence-electron chi connectivity index (χ2n) is 6.55. The van der Waals surface area contributed by atoms with Crippen LogP contribution < -0.4 is 9.47 Å². The Bertz CT molecular complexity index is 1120. The largest absolute Gasteiger partial charge is 0.489 e. The van der Waals surface area contributed by atoms with Crippen molar-refractivity contribution in [1.29, 1.82) is 0 Å². The number of aromatic nitrogens is 1. The van der Waals surface area contributed by atoms with E-state index in [4.69, 9.17) is 14.6 Å². The molecule has 0 atom stereocenters. The van der Waals surface area contributed by atoms with Gasteiger partial charge in [0.15, 0.2) is 0 Å². The predicted molar refractivity (Wildman–Crippen MR) is 110 cm³/mol. The maximum Gasteiger partial charge on any atom is 0.335 e. The lowest BCUT2D eigenvalue weighted by Gasteiger charge is -2.09. The van der Waals surface area contributed by atoms with Crippen LogP contribution in [0.25, 0.3) is 10.9 Å². The summed E-state index contributed by atoms with van der Waals surface area (Å²) in [6.07, 6.45) is 0. The minimum Gasteiger partial charge on any atom is -0.489 e. The normalized spacial score (nSPS) is 10.6. The molecule has 0 fully saturated rings. The summed E-state index contributed by atoms with van der Waals surface area (Å²) in [5.74, 6) is 0.508. The average molecular weight is 385 g/mol. The van der Waals surface area contributed by atoms with Gasteiger partial charge in [0.25, 0.3) is 0 Å². The van der Waals surface area contributed by atoms with E-state index >= 15 is 0 Å². The lowest BCUT2D eigenvalue weighted by atomic mass is 10.1. The lowest BCUT2D eigenvalue weighted by Crippen LogP contribution is -2.00. The van der Waals surface area contributed by atoms with Gasteiger partial charge in [-0.3, -0.25) is 0 Å². The smallest absolute Gasteiger partial charge is 0.335 e. The average Bonchev–Trinajstić information content (AvgIpc) is 2.77. The summed E-state index contributed by atoms with van der Waals surface area (Å²) in [5.41, 5.74) is 2.98. The first-order valence-electron chi connectivity index (χ1n) is 9.20. The standard InChI is InChI=1S/C24H19NO4/c26-24(27)19-7-5-17(6-8-19)15-28-21-11-13-22(14-12-21)29-16-20-10-9-18-3-1-2-4-23(18)25-20/h1-14H,15-16H2,(H,26,27). The molecule has 0 radical (unpaired) electrons. The van der Waals surface area contributed by atoms with Gasteiger partial charge in [-0.25, -0.2) is 9.78 Å². The molecule has 5 heteroatoms. The molecular formula is C24H19NO4. The van der Waals surface area contributed by atoms with Gasteiger partial charge in [0.1, 0.15) is 24.7 Å². The minimum atomic E-state index is -0.938. The number of benzene rings is 3. The fourth-order valence-corrected chi connectivity index (χ4v) is 2.89. The van der Waals surface area contributed by atoms with Crippen LogP contribution in [0.15, 0.2) is 84.9 Å². The number of hydrogen-bond acceptors (Lipinski definition) is 4. The Morgan fingerprint density at radius 3 is 2.10 bits per heavy atom. The highest BCUT2D eigenvalue weighted by Crippen LogP contribution is 2.20. The Hall–Kier alpha value is -3.86. The van der Waals surface area contributed by atoms with Gasteiger partial charge in [-0.05, 0) is 54.1 Å². The molecule has 1 N–H and O–H groups in total. The van der Waals surface area contributed by atoms with Crippen molar-refractivity contribution in [2.75, 3.05) is 0 Å². The third-order valence-corrected chi connectivity index (χ3v) is 4.47. The fraction of sp³-hybridized carbons (Fsp3) is 0.0833. The van der Waals surface area contributed by atoms with E-state index in [-0.39, 0.29) is 5.56 Å². The molecule has 0 saturated heterocycles. The number of para-hydroxylation sites is 1. The van der Waals surface area contributed by atoms with E-state index in [0.717, 1.165) is 27.9 Å². The number of rotatable bonds is 7. The van der Waals surface area contributed by atoms with Crippen molar-refractivity contribution in [3.63, 3.8) is 0 Å². The van der Waals surface area contributed by atoms with Gasteiger partial charge in [0.05, 0.1) is 16.8 Å². The van der Waals surface area contributed by atoms with E-state index in [9.17, 15) is 4.79 Å². The van der Waals surface area contributed by atoms with E-state index in [1.54, 1.807) is 24.3 Å². The van der Waals surface area contributed by atoms with Crippen LogP contribution in [0.5, 0.6) is 11.5 Å². The number of carboxylic acids is 1. The van der Waals surface area contributed by atoms with Crippen molar-refractivity contribution in [3.8, 4) is 11.5 Å². The molecule has 0 unspecified atom stereocenters. The molecule has 0 aliphatic rings. The maximum absolute atomic E-state index is 10.9. The Balaban J connectivity index is 1.32. The van der Waals surface area contributed by atoms with Gasteiger partial charge >= 0.3 is 5.97 Å². The number of ether oxygens (including phenoxy) is 2. The number of carbonyl (C=O) groups is 1. The molecule has 0 aliphatic carbocycles. The molecule has 0 amide bonds. The van der Waals surface area contributed by atoms with Gasteiger partial charge in [0.2, 0.25) is 0 Å². The molecular weight excluding hydrogens is 366 g/mol. The van der Waals surface area contributed by atoms with Gasteiger partial charge in [-0.2, -0.15) is 0 Å². The summed E-state index contributed by atoms with van der Waals surface area (Å²) in [6, 6.07) is 26.0. The third-order valence-electron chi connectivity index (χ3n) is 4.47. The first-order valence-corrected chi connectivity index (χ1v) is 9.20. The quantitative estimate of drug-likeness (QED) is 0.480. The summed E-state index contributed by atoms with van der Waals surface area (Å²) in [5, 5.41) is 10.0. The number of fused-ring (bicyclic) bond motifs is 1. The highest BCUT2D eigenvalue weighted by atomic mass is 16.5. The SMILES string of the molecule is O=C(O)c1ccc(COc2ccc(OCc3ccc4ccccc4n3)cc2)cc1. The van der Waals surface area contributed by atoms with Crippen LogP contribution in [0.2, 0.25) is 0 Å². The van der Waals surface area contributed by atoms with Crippen LogP contribution in [0.3, 0.4) is 0 Å². The molecule has 0 spiro atoms. The van der Waals surface area contributed by atoms with Gasteiger partial charge < -0.3 is 14.6 Å². The number of aromatic carboxylic acids is 1. The topological polar surface area (TPSA) is 68.7 Å². The third kappa shape index (κ3) is 4.71. The lowest BCUT2D eigenvalue weighted by molar-refractivity contribution is 0.0697. The molecule has 29 heavy (non-hydrogen) atoms. The molecule has 1 aromatic heterocycles. The number of carboxylic acid groups (broad SMARTS) is 1. The van der Waals surface area contributed by atoms with Crippen molar-refractivity contribution >= 4 is 16.9 Å². The molecule has 1 heterocycles. The molecule has 0 bridgehead atoms. The monoisotopic (exact) mass is 385 g/mol. The summed E-state index contributed by atoms with van der Waals surface area (Å²) < 4.78 is 11.6. The molecule has 4 aromatic rings. The maximum atomic E-state index is 10.9. The van der Waals surface area contributed by atoms with Crippen LogP contribution in [0, 0.1) is 0 Å². The van der Waals surface area contributed by atoms with Crippen LogP contribution in [-0.4, -0.2) is 16.1 Å². The van der Waals surface area contributed by atoms with Crippen molar-refractivity contribution in [3.05, 3.63) is 102 Å². The van der Waals surface area contributed by atoms with Gasteiger partial charge in [-0.15, -0.1) is 0 Å². The van der Waals surface area contributed by atoms with Crippen LogP contribution in [0.4, 0.5) is 0 Å². The molecule has 0 aliphatic heterocycles. The zero-order valence-electron chi connectivity index (χ0n) is 15.6. The van der Waals surface area contributed by atoms with E-state index in [1.807, 2.05) is 60.7 Å². The zero-order chi connectivity index (χ0) is 20.1. The second kappa shape index (κ2) is 8.44. The van der Waals surface area contributed by atoms with E-state index in [0.29, 0.717) is 19.0 Å². The summed E-state index contributed by atoms with van der Waals surface area (Å²) in [6.45, 7) is 0.752. The number of nitrogens with zero attached hydrogens (tertiary/aromatic N) is 1. The van der Waals surface area contributed by atoms with Crippen molar-refractivity contribution < 1.29 is 19.4 Å². The second-order valence-corrected chi connectivity index (χ2v) is 6.55. The van der Waals surface area contributed by atoms with Crippen LogP contribution in [0.1, 0.15) is 21.6 Å². The molecule has 3 aromatic carbocycles. The zero-order valence-corrected chi connectivity index (χ0v) is 15.6. The van der Waals surface area contributed by atoms with Crippen molar-refractivity contribution in [2.45, 2.75) is 13.2 Å². The highest BCUT2D eigenvalue weighted by Gasteiger charge is 2.03. The van der Waals surface area contributed by atoms with Crippen LogP contribution in [-0.2, 0) is 13.2 Å². The minimum absolute atomic E-state index is 0.260. The summed E-state index contributed by atoms with van der Waals surface area (Å²) in [4.78, 5) is 15.5. The van der Waals surface area contributed by atoms with E-state index in [2.05, 4.69) is 4.98 Å². The van der Waals surface area contributed by atoms with Gasteiger partial charge in [-0.1, -0.05) is 36.4 Å². The number of pyridine rings is 1. The number of hydrogen-bond donors (Lipinski definition) is 1. The molecule has 0 saturated carbocycles. The Kier molecular flexibility index (Phi) is 5.38. The van der Waals surface area contributed by atoms with E-state index < -0.39 is 5.97 Å². The van der Waals surface area contributed by atoms with Crippen molar-refractivity contribution in [2.24, 2.45) is 0 Å². The molecule has 144 valence electrons. The van der Waals surface area contributed by atoms with Crippen LogP contribution >= 0.6 is 0 Å². The van der Waals surface area contributed by atoms with Crippen molar-refractivity contribution in [1.82, 2.24) is 4.98 Å². The highest BCUT2D eigenvalue weighted by molar-refractivity contribution is 5.87. The van der Waals surface area contributed by atoms with E-state index in [1.165, 1.54) is 0 Å². The molecule has 4 rings (SSSR count). The van der Waals surface area contributed by atoms with Gasteiger partial charge in [0, 0.05) is 5.39 Å².